The molecule has 0 atom stereocenters. The van der Waals surface area contributed by atoms with Crippen molar-refractivity contribution in [1.29, 1.82) is 0 Å². The van der Waals surface area contributed by atoms with E-state index in [1.165, 1.54) is 0 Å². The van der Waals surface area contributed by atoms with E-state index in [1.54, 1.807) is 18.3 Å². The second-order valence-electron chi connectivity index (χ2n) is 5.08. The van der Waals surface area contributed by atoms with E-state index >= 15 is 0 Å². The standard InChI is InChI=1S/C16H15ClIN3O2/c17-11-1-3-14(18)13(9-11)16(22)20-12-2-4-15(19-10-12)21-5-7-23-8-6-21/h1-4,9-10H,5-8H2,(H,20,22). The van der Waals surface area contributed by atoms with E-state index in [4.69, 9.17) is 16.3 Å². The molecule has 1 saturated heterocycles. The number of amides is 1. The molecule has 0 radical (unpaired) electrons. The van der Waals surface area contributed by atoms with Gasteiger partial charge < -0.3 is 15.0 Å². The highest BCUT2D eigenvalue weighted by Gasteiger charge is 2.14. The van der Waals surface area contributed by atoms with Crippen LogP contribution in [0.25, 0.3) is 0 Å². The molecule has 0 bridgehead atoms. The summed E-state index contributed by atoms with van der Waals surface area (Å²) in [6.07, 6.45) is 1.67. The van der Waals surface area contributed by atoms with E-state index in [0.717, 1.165) is 22.5 Å². The zero-order valence-electron chi connectivity index (χ0n) is 12.3. The lowest BCUT2D eigenvalue weighted by atomic mass is 10.2. The number of nitrogens with zero attached hydrogens (tertiary/aromatic N) is 2. The fraction of sp³-hybridized carbons (Fsp3) is 0.250. The van der Waals surface area contributed by atoms with Crippen molar-refractivity contribution < 1.29 is 9.53 Å². The number of aromatic nitrogens is 1. The molecule has 1 fully saturated rings. The minimum absolute atomic E-state index is 0.196. The zero-order valence-corrected chi connectivity index (χ0v) is 15.2. The molecule has 0 unspecified atom stereocenters. The summed E-state index contributed by atoms with van der Waals surface area (Å²) in [6.45, 7) is 3.10. The van der Waals surface area contributed by atoms with Crippen molar-refractivity contribution in [2.24, 2.45) is 0 Å². The molecule has 2 heterocycles. The first-order chi connectivity index (χ1) is 11.1. The van der Waals surface area contributed by atoms with Gasteiger partial charge in [0.25, 0.3) is 5.91 Å². The smallest absolute Gasteiger partial charge is 0.256 e. The van der Waals surface area contributed by atoms with Crippen LogP contribution in [0.1, 0.15) is 10.4 Å². The van der Waals surface area contributed by atoms with Crippen LogP contribution in [-0.2, 0) is 4.74 Å². The van der Waals surface area contributed by atoms with Gasteiger partial charge in [-0.15, -0.1) is 0 Å². The van der Waals surface area contributed by atoms with Crippen LogP contribution in [0.4, 0.5) is 11.5 Å². The molecule has 7 heteroatoms. The molecule has 1 aliphatic heterocycles. The first-order valence-corrected chi connectivity index (χ1v) is 8.64. The Morgan fingerprint density at radius 3 is 2.74 bits per heavy atom. The normalized spacial score (nSPS) is 14.6. The highest BCUT2D eigenvalue weighted by molar-refractivity contribution is 14.1. The fourth-order valence-electron chi connectivity index (χ4n) is 2.31. The second kappa shape index (κ2) is 7.46. The molecule has 1 aromatic heterocycles. The highest BCUT2D eigenvalue weighted by atomic mass is 127. The molecular weight excluding hydrogens is 429 g/mol. The number of carbonyl (C=O) groups excluding carboxylic acids is 1. The lowest BCUT2D eigenvalue weighted by Gasteiger charge is -2.27. The quantitative estimate of drug-likeness (QED) is 0.739. The minimum Gasteiger partial charge on any atom is -0.378 e. The molecule has 1 N–H and O–H groups in total. The average molecular weight is 444 g/mol. The summed E-state index contributed by atoms with van der Waals surface area (Å²) in [5.41, 5.74) is 1.21. The number of hydrogen-bond acceptors (Lipinski definition) is 4. The summed E-state index contributed by atoms with van der Waals surface area (Å²) < 4.78 is 6.18. The van der Waals surface area contributed by atoms with E-state index in [1.807, 2.05) is 18.2 Å². The number of halogens is 2. The highest BCUT2D eigenvalue weighted by Crippen LogP contribution is 2.20. The number of ether oxygens (including phenoxy) is 1. The Morgan fingerprint density at radius 1 is 1.26 bits per heavy atom. The molecule has 1 aromatic carbocycles. The van der Waals surface area contributed by atoms with Crippen LogP contribution in [0.2, 0.25) is 5.02 Å². The Balaban J connectivity index is 1.70. The van der Waals surface area contributed by atoms with Crippen LogP contribution in [0, 0.1) is 3.57 Å². The lowest BCUT2D eigenvalue weighted by Crippen LogP contribution is -2.36. The monoisotopic (exact) mass is 443 g/mol. The molecule has 23 heavy (non-hydrogen) atoms. The van der Waals surface area contributed by atoms with Gasteiger partial charge in [-0.2, -0.15) is 0 Å². The van der Waals surface area contributed by atoms with Gasteiger partial charge in [0, 0.05) is 21.7 Å². The summed E-state index contributed by atoms with van der Waals surface area (Å²) in [5, 5.41) is 3.39. The molecule has 3 rings (SSSR count). The number of hydrogen-bond donors (Lipinski definition) is 1. The molecular formula is C16H15ClIN3O2. The fourth-order valence-corrected chi connectivity index (χ4v) is 3.06. The number of carbonyl (C=O) groups is 1. The molecule has 120 valence electrons. The van der Waals surface area contributed by atoms with Gasteiger partial charge >= 0.3 is 0 Å². The van der Waals surface area contributed by atoms with Gasteiger partial charge in [-0.3, -0.25) is 4.79 Å². The van der Waals surface area contributed by atoms with Crippen LogP contribution >= 0.6 is 34.2 Å². The molecule has 0 saturated carbocycles. The van der Waals surface area contributed by atoms with Crippen LogP contribution in [0.15, 0.2) is 36.5 Å². The maximum atomic E-state index is 12.3. The Kier molecular flexibility index (Phi) is 5.34. The Morgan fingerprint density at radius 2 is 2.04 bits per heavy atom. The third-order valence-corrected chi connectivity index (χ3v) is 4.69. The summed E-state index contributed by atoms with van der Waals surface area (Å²) in [5.74, 6) is 0.696. The Bertz CT molecular complexity index is 703. The summed E-state index contributed by atoms with van der Waals surface area (Å²) in [7, 11) is 0. The van der Waals surface area contributed by atoms with Crippen LogP contribution in [0.3, 0.4) is 0 Å². The first kappa shape index (κ1) is 16.5. The van der Waals surface area contributed by atoms with Gasteiger partial charge in [0.15, 0.2) is 0 Å². The largest absolute Gasteiger partial charge is 0.378 e. The van der Waals surface area contributed by atoms with Gasteiger partial charge in [0.05, 0.1) is 30.7 Å². The summed E-state index contributed by atoms with van der Waals surface area (Å²) in [4.78, 5) is 18.9. The number of anilines is 2. The third kappa shape index (κ3) is 4.13. The topological polar surface area (TPSA) is 54.5 Å². The summed E-state index contributed by atoms with van der Waals surface area (Å²) >= 11 is 8.08. The van der Waals surface area contributed by atoms with Gasteiger partial charge in [-0.1, -0.05) is 11.6 Å². The van der Waals surface area contributed by atoms with Crippen molar-refractivity contribution in [1.82, 2.24) is 4.98 Å². The molecule has 1 aliphatic rings. The molecule has 0 spiro atoms. The number of benzene rings is 1. The maximum Gasteiger partial charge on any atom is 0.256 e. The number of rotatable bonds is 3. The van der Waals surface area contributed by atoms with Gasteiger partial charge in [-0.05, 0) is 52.9 Å². The maximum absolute atomic E-state index is 12.3. The Hall–Kier alpha value is -1.38. The van der Waals surface area contributed by atoms with Gasteiger partial charge in [-0.25, -0.2) is 4.98 Å². The van der Waals surface area contributed by atoms with E-state index in [0.29, 0.717) is 29.5 Å². The van der Waals surface area contributed by atoms with E-state index in [2.05, 4.69) is 37.8 Å². The molecule has 1 amide bonds. The van der Waals surface area contributed by atoms with Crippen molar-refractivity contribution in [3.63, 3.8) is 0 Å². The zero-order chi connectivity index (χ0) is 16.2. The van der Waals surface area contributed by atoms with Crippen molar-refractivity contribution >= 4 is 51.6 Å². The van der Waals surface area contributed by atoms with Crippen LogP contribution in [0.5, 0.6) is 0 Å². The molecule has 2 aromatic rings. The second-order valence-corrected chi connectivity index (χ2v) is 6.68. The van der Waals surface area contributed by atoms with Crippen molar-refractivity contribution in [3.8, 4) is 0 Å². The lowest BCUT2D eigenvalue weighted by molar-refractivity contribution is 0.102. The van der Waals surface area contributed by atoms with E-state index in [-0.39, 0.29) is 5.91 Å². The molecule has 5 nitrogen and oxygen atoms in total. The number of nitrogens with one attached hydrogen (secondary N) is 1. The SMILES string of the molecule is O=C(Nc1ccc(N2CCOCC2)nc1)c1cc(Cl)ccc1I. The van der Waals surface area contributed by atoms with Gasteiger partial charge in [0.2, 0.25) is 0 Å². The predicted octanol–water partition coefficient (Wildman–Crippen LogP) is 3.43. The average Bonchev–Trinajstić information content (AvgIpc) is 2.58. The van der Waals surface area contributed by atoms with Crippen molar-refractivity contribution in [2.75, 3.05) is 36.5 Å². The predicted molar refractivity (Wildman–Crippen MR) is 99.4 cm³/mol. The van der Waals surface area contributed by atoms with Crippen LogP contribution < -0.4 is 10.2 Å². The number of morpholine rings is 1. The van der Waals surface area contributed by atoms with Gasteiger partial charge in [0.1, 0.15) is 5.82 Å². The van der Waals surface area contributed by atoms with E-state index in [9.17, 15) is 4.79 Å². The van der Waals surface area contributed by atoms with Crippen molar-refractivity contribution in [2.45, 2.75) is 0 Å². The number of pyridine rings is 1. The minimum atomic E-state index is -0.196. The first-order valence-electron chi connectivity index (χ1n) is 7.18. The summed E-state index contributed by atoms with van der Waals surface area (Å²) in [6, 6.07) is 9.00. The molecule has 0 aliphatic carbocycles. The van der Waals surface area contributed by atoms with Crippen molar-refractivity contribution in [3.05, 3.63) is 50.7 Å². The third-order valence-electron chi connectivity index (χ3n) is 3.51. The van der Waals surface area contributed by atoms with E-state index < -0.39 is 0 Å². The Labute approximate surface area is 153 Å². The van der Waals surface area contributed by atoms with Crippen LogP contribution in [-0.4, -0.2) is 37.2 Å².